The van der Waals surface area contributed by atoms with E-state index < -0.39 is 17.6 Å². The molecule has 1 aromatic carbocycles. The Morgan fingerprint density at radius 2 is 1.77 bits per heavy atom. The van der Waals surface area contributed by atoms with E-state index in [1.54, 1.807) is 6.92 Å². The molecule has 1 atom stereocenters. The number of alkyl halides is 3. The van der Waals surface area contributed by atoms with E-state index >= 15 is 0 Å². The van der Waals surface area contributed by atoms with E-state index in [4.69, 9.17) is 4.74 Å². The van der Waals surface area contributed by atoms with Crippen LogP contribution < -0.4 is 10.1 Å². The molecule has 0 fully saturated rings. The van der Waals surface area contributed by atoms with Gasteiger partial charge in [0, 0.05) is 11.9 Å². The maximum Gasteiger partial charge on any atom is 0.423 e. The Bertz CT molecular complexity index is 715. The van der Waals surface area contributed by atoms with Gasteiger partial charge in [0.2, 0.25) is 11.8 Å². The molecule has 142 valence electrons. The zero-order chi connectivity index (χ0) is 19.3. The second-order valence-electron chi connectivity index (χ2n) is 6.67. The van der Waals surface area contributed by atoms with Crippen LogP contribution in [0.3, 0.4) is 0 Å². The molecule has 0 bridgehead atoms. The summed E-state index contributed by atoms with van der Waals surface area (Å²) in [6.45, 7) is 7.81. The van der Waals surface area contributed by atoms with E-state index in [0.717, 1.165) is 12.6 Å². The fourth-order valence-electron chi connectivity index (χ4n) is 2.31. The minimum Gasteiger partial charge on any atom is -0.474 e. The fraction of sp³-hybridized carbons (Fsp3) is 0.474. The lowest BCUT2D eigenvalue weighted by Gasteiger charge is -2.17. The third-order valence-electron chi connectivity index (χ3n) is 3.80. The number of benzene rings is 1. The van der Waals surface area contributed by atoms with Crippen LogP contribution >= 0.6 is 0 Å². The van der Waals surface area contributed by atoms with E-state index in [0.29, 0.717) is 18.0 Å². The number of aromatic nitrogens is 2. The number of halogens is 3. The number of hydrogen-bond donors (Lipinski definition) is 1. The molecule has 7 heteroatoms. The third-order valence-corrected chi connectivity index (χ3v) is 3.80. The minimum absolute atomic E-state index is 0.0629. The molecule has 0 aliphatic carbocycles. The Labute approximate surface area is 151 Å². The Hall–Kier alpha value is -2.31. The molecule has 1 unspecified atom stereocenters. The van der Waals surface area contributed by atoms with Gasteiger partial charge < -0.3 is 10.1 Å². The monoisotopic (exact) mass is 367 g/mol. The van der Waals surface area contributed by atoms with Crippen molar-refractivity contribution < 1.29 is 17.9 Å². The van der Waals surface area contributed by atoms with Gasteiger partial charge in [0.15, 0.2) is 0 Å². The highest BCUT2D eigenvalue weighted by Crippen LogP contribution is 2.35. The molecule has 0 aliphatic heterocycles. The first-order valence-corrected chi connectivity index (χ1v) is 8.66. The summed E-state index contributed by atoms with van der Waals surface area (Å²) in [6.07, 6.45) is -2.67. The largest absolute Gasteiger partial charge is 0.474 e. The van der Waals surface area contributed by atoms with Gasteiger partial charge in [0.25, 0.3) is 0 Å². The summed E-state index contributed by atoms with van der Waals surface area (Å²) in [6, 6.07) is 7.66. The second kappa shape index (κ2) is 8.38. The lowest BCUT2D eigenvalue weighted by molar-refractivity contribution is -0.139. The molecule has 1 N–H and O–H groups in total. The number of anilines is 2. The maximum atomic E-state index is 13.1. The number of ether oxygens (including phenoxy) is 1. The zero-order valence-corrected chi connectivity index (χ0v) is 15.4. The molecule has 0 amide bonds. The second-order valence-corrected chi connectivity index (χ2v) is 6.67. The molecule has 2 aromatic rings. The standard InChI is InChI=1S/C19H24F3N3O/c1-5-13(4)26-17-16(19(20,21)22)11-23-18(25-17)24-15-8-6-14(7-9-15)10-12(2)3/h6-9,11-13H,5,10H2,1-4H3,(H,23,24,25). The summed E-state index contributed by atoms with van der Waals surface area (Å²) in [5, 5.41) is 2.93. The van der Waals surface area contributed by atoms with Gasteiger partial charge >= 0.3 is 6.18 Å². The molecule has 2 rings (SSSR count). The van der Waals surface area contributed by atoms with Gasteiger partial charge in [-0.05, 0) is 43.4 Å². The molecule has 4 nitrogen and oxygen atoms in total. The normalized spacial score (nSPS) is 12.9. The molecule has 26 heavy (non-hydrogen) atoms. The van der Waals surface area contributed by atoms with Gasteiger partial charge in [-0.2, -0.15) is 18.2 Å². The first-order chi connectivity index (χ1) is 12.2. The summed E-state index contributed by atoms with van der Waals surface area (Å²) in [4.78, 5) is 7.71. The van der Waals surface area contributed by atoms with Gasteiger partial charge in [-0.25, -0.2) is 4.98 Å². The summed E-state index contributed by atoms with van der Waals surface area (Å²) < 4.78 is 44.7. The first-order valence-electron chi connectivity index (χ1n) is 8.66. The van der Waals surface area contributed by atoms with Crippen molar-refractivity contribution in [3.8, 4) is 5.88 Å². The molecule has 1 aromatic heterocycles. The highest BCUT2D eigenvalue weighted by molar-refractivity contribution is 5.54. The van der Waals surface area contributed by atoms with Crippen LogP contribution in [0.25, 0.3) is 0 Å². The van der Waals surface area contributed by atoms with E-state index in [-0.39, 0.29) is 12.1 Å². The summed E-state index contributed by atoms with van der Waals surface area (Å²) >= 11 is 0. The number of rotatable bonds is 7. The Morgan fingerprint density at radius 3 is 2.31 bits per heavy atom. The minimum atomic E-state index is -4.57. The molecule has 0 aliphatic rings. The Kier molecular flexibility index (Phi) is 6.45. The smallest absolute Gasteiger partial charge is 0.423 e. The van der Waals surface area contributed by atoms with Crippen LogP contribution in [0.4, 0.5) is 24.8 Å². The average molecular weight is 367 g/mol. The molecule has 0 saturated heterocycles. The van der Waals surface area contributed by atoms with Gasteiger partial charge in [-0.1, -0.05) is 32.9 Å². The highest BCUT2D eigenvalue weighted by Gasteiger charge is 2.36. The lowest BCUT2D eigenvalue weighted by Crippen LogP contribution is -2.17. The number of hydrogen-bond acceptors (Lipinski definition) is 4. The molecule has 0 saturated carbocycles. The van der Waals surface area contributed by atoms with Crippen LogP contribution in [-0.4, -0.2) is 16.1 Å². The third kappa shape index (κ3) is 5.61. The van der Waals surface area contributed by atoms with Gasteiger partial charge in [0.1, 0.15) is 5.56 Å². The van der Waals surface area contributed by atoms with Crippen molar-refractivity contribution in [3.05, 3.63) is 41.6 Å². The predicted molar refractivity (Wildman–Crippen MR) is 95.7 cm³/mol. The number of nitrogens with one attached hydrogen (secondary N) is 1. The summed E-state index contributed by atoms with van der Waals surface area (Å²) in [7, 11) is 0. The Balaban J connectivity index is 2.22. The van der Waals surface area contributed by atoms with Crippen LogP contribution in [0.1, 0.15) is 45.2 Å². The predicted octanol–water partition coefficient (Wildman–Crippen LogP) is 5.61. The van der Waals surface area contributed by atoms with Crippen molar-refractivity contribution in [2.45, 2.75) is 52.8 Å². The van der Waals surface area contributed by atoms with E-state index in [2.05, 4.69) is 29.1 Å². The average Bonchev–Trinajstić information content (AvgIpc) is 2.55. The van der Waals surface area contributed by atoms with Crippen LogP contribution in [-0.2, 0) is 12.6 Å². The van der Waals surface area contributed by atoms with Crippen molar-refractivity contribution in [1.82, 2.24) is 9.97 Å². The van der Waals surface area contributed by atoms with Crippen molar-refractivity contribution in [2.24, 2.45) is 5.92 Å². The fourth-order valence-corrected chi connectivity index (χ4v) is 2.31. The summed E-state index contributed by atoms with van der Waals surface area (Å²) in [5.74, 6) is 0.154. The number of nitrogens with zero attached hydrogens (tertiary/aromatic N) is 2. The van der Waals surface area contributed by atoms with E-state index in [9.17, 15) is 13.2 Å². The van der Waals surface area contributed by atoms with Crippen molar-refractivity contribution in [3.63, 3.8) is 0 Å². The van der Waals surface area contributed by atoms with Crippen LogP contribution in [0.5, 0.6) is 5.88 Å². The SMILES string of the molecule is CCC(C)Oc1nc(Nc2ccc(CC(C)C)cc2)ncc1C(F)(F)F. The van der Waals surface area contributed by atoms with E-state index in [1.165, 1.54) is 5.56 Å². The first kappa shape index (κ1) is 20.0. The van der Waals surface area contributed by atoms with Gasteiger partial charge in [-0.15, -0.1) is 0 Å². The van der Waals surface area contributed by atoms with Gasteiger partial charge in [0.05, 0.1) is 6.10 Å². The molecular formula is C19H24F3N3O. The molecular weight excluding hydrogens is 343 g/mol. The van der Waals surface area contributed by atoms with Gasteiger partial charge in [-0.3, -0.25) is 0 Å². The van der Waals surface area contributed by atoms with Crippen molar-refractivity contribution >= 4 is 11.6 Å². The molecule has 0 radical (unpaired) electrons. The summed E-state index contributed by atoms with van der Waals surface area (Å²) in [5.41, 5.74) is 0.919. The highest BCUT2D eigenvalue weighted by atomic mass is 19.4. The Morgan fingerprint density at radius 1 is 1.12 bits per heavy atom. The van der Waals surface area contributed by atoms with Crippen LogP contribution in [0.15, 0.2) is 30.5 Å². The van der Waals surface area contributed by atoms with Crippen molar-refractivity contribution in [2.75, 3.05) is 5.32 Å². The van der Waals surface area contributed by atoms with Crippen LogP contribution in [0.2, 0.25) is 0 Å². The maximum absolute atomic E-state index is 13.1. The van der Waals surface area contributed by atoms with Crippen molar-refractivity contribution in [1.29, 1.82) is 0 Å². The van der Waals surface area contributed by atoms with E-state index in [1.807, 2.05) is 31.2 Å². The molecule has 0 spiro atoms. The topological polar surface area (TPSA) is 47.0 Å². The quantitative estimate of drug-likeness (QED) is 0.690. The molecule has 1 heterocycles. The lowest BCUT2D eigenvalue weighted by atomic mass is 10.0. The van der Waals surface area contributed by atoms with Crippen LogP contribution in [0, 0.1) is 5.92 Å². The zero-order valence-electron chi connectivity index (χ0n) is 15.4.